The molecule has 0 atom stereocenters. The highest BCUT2D eigenvalue weighted by Gasteiger charge is 2.19. The number of esters is 1. The molecule has 1 aromatic rings. The van der Waals surface area contributed by atoms with Gasteiger partial charge in [-0.05, 0) is 38.5 Å². The zero-order valence-corrected chi connectivity index (χ0v) is 13.4. The van der Waals surface area contributed by atoms with Gasteiger partial charge >= 0.3 is 5.97 Å². The molecule has 0 bridgehead atoms. The number of hydrogen-bond donors (Lipinski definition) is 1. The van der Waals surface area contributed by atoms with Crippen LogP contribution in [0.5, 0.6) is 5.75 Å². The molecule has 0 aliphatic carbocycles. The Balaban J connectivity index is 2.77. The van der Waals surface area contributed by atoms with E-state index in [1.165, 1.54) is 19.2 Å². The second-order valence-corrected chi connectivity index (χ2v) is 5.64. The number of carbonyl (C=O) groups excluding carboxylic acids is 2. The summed E-state index contributed by atoms with van der Waals surface area (Å²) in [5, 5.41) is 3.25. The lowest BCUT2D eigenvalue weighted by molar-refractivity contribution is -0.124. The number of carbonyl (C=O) groups is 2. The van der Waals surface area contributed by atoms with Gasteiger partial charge in [0.2, 0.25) is 0 Å². The van der Waals surface area contributed by atoms with Gasteiger partial charge < -0.3 is 14.8 Å². The maximum absolute atomic E-state index is 11.8. The van der Waals surface area contributed by atoms with Crippen LogP contribution in [-0.4, -0.2) is 31.1 Å². The number of halogens is 1. The van der Waals surface area contributed by atoms with E-state index in [4.69, 9.17) is 16.3 Å². The van der Waals surface area contributed by atoms with Crippen molar-refractivity contribution in [2.75, 3.05) is 13.7 Å². The van der Waals surface area contributed by atoms with Crippen molar-refractivity contribution in [1.82, 2.24) is 5.32 Å². The van der Waals surface area contributed by atoms with Crippen LogP contribution in [0, 0.1) is 0 Å². The third kappa shape index (κ3) is 5.27. The van der Waals surface area contributed by atoms with Gasteiger partial charge in [0.05, 0.1) is 7.11 Å². The average molecular weight is 314 g/mol. The first-order valence-electron chi connectivity index (χ1n) is 6.60. The molecule has 0 saturated carbocycles. The molecule has 0 saturated heterocycles. The van der Waals surface area contributed by atoms with Crippen LogP contribution in [0.25, 0.3) is 0 Å². The molecule has 1 rings (SSSR count). The second kappa shape index (κ2) is 7.31. The Kier molecular flexibility index (Phi) is 6.03. The van der Waals surface area contributed by atoms with Crippen molar-refractivity contribution < 1.29 is 19.1 Å². The monoisotopic (exact) mass is 313 g/mol. The molecule has 1 amide bonds. The van der Waals surface area contributed by atoms with Crippen molar-refractivity contribution in [2.24, 2.45) is 0 Å². The third-order valence-corrected chi connectivity index (χ3v) is 3.30. The maximum atomic E-state index is 11.8. The van der Waals surface area contributed by atoms with Gasteiger partial charge in [0.25, 0.3) is 5.91 Å². The molecule has 0 unspecified atom stereocenters. The molecule has 0 aliphatic heterocycles. The molecule has 21 heavy (non-hydrogen) atoms. The predicted octanol–water partition coefficient (Wildman–Crippen LogP) is 2.81. The van der Waals surface area contributed by atoms with Gasteiger partial charge in [0, 0.05) is 10.6 Å². The molecule has 116 valence electrons. The molecule has 1 N–H and O–H groups in total. The van der Waals surface area contributed by atoms with E-state index in [-0.39, 0.29) is 29.4 Å². The Bertz CT molecular complexity index is 528. The summed E-state index contributed by atoms with van der Waals surface area (Å²) in [7, 11) is 1.27. The molecule has 1 aromatic carbocycles. The zero-order valence-electron chi connectivity index (χ0n) is 12.7. The minimum Gasteiger partial charge on any atom is -0.483 e. The van der Waals surface area contributed by atoms with Crippen molar-refractivity contribution in [3.63, 3.8) is 0 Å². The molecule has 0 radical (unpaired) electrons. The van der Waals surface area contributed by atoms with Gasteiger partial charge in [0.15, 0.2) is 6.61 Å². The van der Waals surface area contributed by atoms with Crippen LogP contribution in [-0.2, 0) is 9.53 Å². The fraction of sp³-hybridized carbons (Fsp3) is 0.467. The smallest absolute Gasteiger partial charge is 0.341 e. The second-order valence-electron chi connectivity index (χ2n) is 5.21. The molecule has 0 spiro atoms. The van der Waals surface area contributed by atoms with E-state index in [9.17, 15) is 9.59 Å². The van der Waals surface area contributed by atoms with E-state index in [1.807, 2.05) is 20.8 Å². The van der Waals surface area contributed by atoms with Gasteiger partial charge in [0.1, 0.15) is 11.3 Å². The number of ether oxygens (including phenoxy) is 2. The van der Waals surface area contributed by atoms with Crippen LogP contribution in [0.4, 0.5) is 0 Å². The number of nitrogens with one attached hydrogen (secondary N) is 1. The van der Waals surface area contributed by atoms with Crippen LogP contribution in [0.1, 0.15) is 37.6 Å². The minimum absolute atomic E-state index is 0.201. The third-order valence-electron chi connectivity index (χ3n) is 3.07. The number of methoxy groups -OCH3 is 1. The zero-order chi connectivity index (χ0) is 16.0. The summed E-state index contributed by atoms with van der Waals surface area (Å²) in [6.07, 6.45) is 0.795. The molecule has 0 aliphatic rings. The van der Waals surface area contributed by atoms with E-state index >= 15 is 0 Å². The summed E-state index contributed by atoms with van der Waals surface area (Å²) in [5.41, 5.74) is -0.0793. The summed E-state index contributed by atoms with van der Waals surface area (Å²) in [5.74, 6) is -0.590. The van der Waals surface area contributed by atoms with Gasteiger partial charge in [-0.1, -0.05) is 18.5 Å². The molecular formula is C15H20ClNO4. The van der Waals surface area contributed by atoms with Crippen molar-refractivity contribution in [1.29, 1.82) is 0 Å². The van der Waals surface area contributed by atoms with Gasteiger partial charge in [-0.15, -0.1) is 0 Å². The Morgan fingerprint density at radius 3 is 2.57 bits per heavy atom. The summed E-state index contributed by atoms with van der Waals surface area (Å²) < 4.78 is 10.1. The number of amides is 1. The molecule has 0 aromatic heterocycles. The van der Waals surface area contributed by atoms with E-state index < -0.39 is 5.97 Å². The standard InChI is InChI=1S/C15H20ClNO4/c1-5-15(2,3)17-13(18)9-21-12-8-10(16)6-7-11(12)14(19)20-4/h6-8H,5,9H2,1-4H3,(H,17,18). The first kappa shape index (κ1) is 17.3. The maximum Gasteiger partial charge on any atom is 0.341 e. The summed E-state index contributed by atoms with van der Waals surface area (Å²) in [4.78, 5) is 23.5. The van der Waals surface area contributed by atoms with Crippen LogP contribution in [0.2, 0.25) is 5.02 Å². The highest BCUT2D eigenvalue weighted by Crippen LogP contribution is 2.24. The fourth-order valence-electron chi connectivity index (χ4n) is 1.54. The normalized spacial score (nSPS) is 10.9. The van der Waals surface area contributed by atoms with Crippen molar-refractivity contribution in [3.8, 4) is 5.75 Å². The Morgan fingerprint density at radius 1 is 1.33 bits per heavy atom. The SMILES string of the molecule is CCC(C)(C)NC(=O)COc1cc(Cl)ccc1C(=O)OC. The average Bonchev–Trinajstić information content (AvgIpc) is 2.44. The van der Waals surface area contributed by atoms with Crippen LogP contribution in [0.15, 0.2) is 18.2 Å². The van der Waals surface area contributed by atoms with E-state index in [2.05, 4.69) is 10.1 Å². The number of benzene rings is 1. The predicted molar refractivity (Wildman–Crippen MR) is 80.8 cm³/mol. The minimum atomic E-state index is -0.545. The van der Waals surface area contributed by atoms with Crippen LogP contribution < -0.4 is 10.1 Å². The topological polar surface area (TPSA) is 64.6 Å². The Morgan fingerprint density at radius 2 is 2.00 bits per heavy atom. The van der Waals surface area contributed by atoms with Crippen LogP contribution in [0.3, 0.4) is 0 Å². The molecule has 0 fully saturated rings. The summed E-state index contributed by atoms with van der Waals surface area (Å²) in [6, 6.07) is 4.53. The van der Waals surface area contributed by atoms with Crippen molar-refractivity contribution in [3.05, 3.63) is 28.8 Å². The van der Waals surface area contributed by atoms with Gasteiger partial charge in [-0.25, -0.2) is 4.79 Å². The molecule has 0 heterocycles. The lowest BCUT2D eigenvalue weighted by Crippen LogP contribution is -2.44. The highest BCUT2D eigenvalue weighted by molar-refractivity contribution is 6.30. The number of rotatable bonds is 6. The Labute approximate surface area is 129 Å². The molecular weight excluding hydrogens is 294 g/mol. The van der Waals surface area contributed by atoms with Crippen molar-refractivity contribution >= 4 is 23.5 Å². The Hall–Kier alpha value is -1.75. The van der Waals surface area contributed by atoms with Crippen LogP contribution >= 0.6 is 11.6 Å². The highest BCUT2D eigenvalue weighted by atomic mass is 35.5. The van der Waals surface area contributed by atoms with Gasteiger partial charge in [-0.3, -0.25) is 4.79 Å². The van der Waals surface area contributed by atoms with Gasteiger partial charge in [-0.2, -0.15) is 0 Å². The van der Waals surface area contributed by atoms with E-state index in [1.54, 1.807) is 6.07 Å². The molecule has 6 heteroatoms. The number of hydrogen-bond acceptors (Lipinski definition) is 4. The quantitative estimate of drug-likeness (QED) is 0.820. The lowest BCUT2D eigenvalue weighted by atomic mass is 10.0. The van der Waals surface area contributed by atoms with Crippen molar-refractivity contribution in [2.45, 2.75) is 32.7 Å². The van der Waals surface area contributed by atoms with E-state index in [0.29, 0.717) is 5.02 Å². The summed E-state index contributed by atoms with van der Waals surface area (Å²) in [6.45, 7) is 5.62. The molecule has 5 nitrogen and oxygen atoms in total. The lowest BCUT2D eigenvalue weighted by Gasteiger charge is -2.24. The fourth-order valence-corrected chi connectivity index (χ4v) is 1.70. The van der Waals surface area contributed by atoms with E-state index in [0.717, 1.165) is 6.42 Å². The first-order chi connectivity index (χ1) is 9.79. The largest absolute Gasteiger partial charge is 0.483 e. The summed E-state index contributed by atoms with van der Waals surface area (Å²) >= 11 is 5.88. The first-order valence-corrected chi connectivity index (χ1v) is 6.98.